The van der Waals surface area contributed by atoms with Crippen molar-refractivity contribution >= 4 is 18.3 Å². The average molecular weight is 313 g/mol. The number of benzene rings is 1. The van der Waals surface area contributed by atoms with Crippen LogP contribution in [0.3, 0.4) is 0 Å². The largest absolute Gasteiger partial charge is 0.348 e. The summed E-state index contributed by atoms with van der Waals surface area (Å²) in [6, 6.07) is 8.10. The van der Waals surface area contributed by atoms with Gasteiger partial charge in [-0.1, -0.05) is 52.0 Å². The third kappa shape index (κ3) is 5.68. The van der Waals surface area contributed by atoms with Crippen LogP contribution >= 0.6 is 12.4 Å². The Hall–Kier alpha value is -1.06. The van der Waals surface area contributed by atoms with Gasteiger partial charge in [-0.15, -0.1) is 12.4 Å². The first-order chi connectivity index (χ1) is 9.36. The lowest BCUT2D eigenvalue weighted by atomic mass is 9.92. The molecule has 1 amide bonds. The zero-order valence-corrected chi connectivity index (χ0v) is 14.5. The molecule has 0 aliphatic carbocycles. The molecule has 0 heterocycles. The maximum absolute atomic E-state index is 11.8. The van der Waals surface area contributed by atoms with Crippen LogP contribution in [0.1, 0.15) is 64.1 Å². The second kappa shape index (κ2) is 9.06. The molecule has 0 aliphatic heterocycles. The third-order valence-corrected chi connectivity index (χ3v) is 3.85. The monoisotopic (exact) mass is 312 g/mol. The summed E-state index contributed by atoms with van der Waals surface area (Å²) in [5.74, 6) is 0.794. The highest BCUT2D eigenvalue weighted by atomic mass is 35.5. The van der Waals surface area contributed by atoms with Crippen LogP contribution in [-0.4, -0.2) is 11.9 Å². The molecule has 3 N–H and O–H groups in total. The van der Waals surface area contributed by atoms with Crippen molar-refractivity contribution in [3.05, 3.63) is 35.4 Å². The first-order valence-corrected chi connectivity index (χ1v) is 7.52. The topological polar surface area (TPSA) is 55.1 Å². The van der Waals surface area contributed by atoms with Crippen molar-refractivity contribution < 1.29 is 4.79 Å². The highest BCUT2D eigenvalue weighted by Crippen LogP contribution is 2.25. The summed E-state index contributed by atoms with van der Waals surface area (Å²) in [5, 5.41) is 3.03. The molecular formula is C17H29ClN2O. The minimum atomic E-state index is -0.476. The Morgan fingerprint density at radius 2 is 1.57 bits per heavy atom. The van der Waals surface area contributed by atoms with Crippen molar-refractivity contribution in [1.29, 1.82) is 0 Å². The summed E-state index contributed by atoms with van der Waals surface area (Å²) in [6.45, 7) is 10.3. The predicted octanol–water partition coefficient (Wildman–Crippen LogP) is 3.78. The van der Waals surface area contributed by atoms with Crippen LogP contribution in [-0.2, 0) is 4.79 Å². The van der Waals surface area contributed by atoms with Gasteiger partial charge in [-0.05, 0) is 36.3 Å². The Morgan fingerprint density at radius 1 is 1.10 bits per heavy atom. The van der Waals surface area contributed by atoms with Crippen LogP contribution in [0, 0.1) is 5.92 Å². The fourth-order valence-electron chi connectivity index (χ4n) is 2.19. The number of nitrogens with two attached hydrogens (primary N) is 1. The maximum Gasteiger partial charge on any atom is 0.237 e. The first-order valence-electron chi connectivity index (χ1n) is 7.52. The molecule has 0 saturated carbocycles. The second-order valence-corrected chi connectivity index (χ2v) is 5.99. The average Bonchev–Trinajstić information content (AvgIpc) is 2.43. The Labute approximate surface area is 135 Å². The van der Waals surface area contributed by atoms with Crippen LogP contribution in [0.15, 0.2) is 24.3 Å². The molecule has 2 unspecified atom stereocenters. The molecular weight excluding hydrogens is 284 g/mol. The van der Waals surface area contributed by atoms with E-state index in [2.05, 4.69) is 57.3 Å². The Morgan fingerprint density at radius 3 is 1.95 bits per heavy atom. The van der Waals surface area contributed by atoms with E-state index in [-0.39, 0.29) is 24.4 Å². The quantitative estimate of drug-likeness (QED) is 0.840. The number of nitrogens with one attached hydrogen (secondary N) is 1. The summed E-state index contributed by atoms with van der Waals surface area (Å²) >= 11 is 0. The summed E-state index contributed by atoms with van der Waals surface area (Å²) in [6.07, 6.45) is 1.13. The lowest BCUT2D eigenvalue weighted by Crippen LogP contribution is -2.41. The number of halogens is 1. The first kappa shape index (κ1) is 19.9. The van der Waals surface area contributed by atoms with Crippen LogP contribution in [0.4, 0.5) is 0 Å². The zero-order valence-electron chi connectivity index (χ0n) is 13.7. The van der Waals surface area contributed by atoms with Crippen molar-refractivity contribution in [3.63, 3.8) is 0 Å². The van der Waals surface area contributed by atoms with Crippen LogP contribution < -0.4 is 11.1 Å². The molecule has 0 radical (unpaired) electrons. The van der Waals surface area contributed by atoms with Gasteiger partial charge in [-0.25, -0.2) is 0 Å². The fraction of sp³-hybridized carbons (Fsp3) is 0.588. The van der Waals surface area contributed by atoms with Crippen LogP contribution in [0.5, 0.6) is 0 Å². The summed E-state index contributed by atoms with van der Waals surface area (Å²) in [5.41, 5.74) is 8.12. The van der Waals surface area contributed by atoms with Crippen molar-refractivity contribution in [2.24, 2.45) is 11.7 Å². The number of amides is 1. The standard InChI is InChI=1S/C17H28N2O.ClH/c1-6-12(4)14-7-9-15(10-8-14)16(11(2)3)19-17(20)13(5)18;/h7-13,16H,6,18H2,1-5H3,(H,19,20);1H/t12?,13-,16?;/m1./s1. The Kier molecular flexibility index (Phi) is 8.60. The van der Waals surface area contributed by atoms with Crippen molar-refractivity contribution in [1.82, 2.24) is 5.32 Å². The van der Waals surface area contributed by atoms with Crippen LogP contribution in [0.25, 0.3) is 0 Å². The number of rotatable bonds is 6. The molecule has 1 aromatic rings. The number of carbonyl (C=O) groups is 1. The number of hydrogen-bond acceptors (Lipinski definition) is 2. The van der Waals surface area contributed by atoms with Crippen molar-refractivity contribution in [2.75, 3.05) is 0 Å². The van der Waals surface area contributed by atoms with Gasteiger partial charge < -0.3 is 11.1 Å². The minimum Gasteiger partial charge on any atom is -0.348 e. The molecule has 0 bridgehead atoms. The van der Waals surface area contributed by atoms with E-state index in [0.717, 1.165) is 12.0 Å². The van der Waals surface area contributed by atoms with E-state index in [1.165, 1.54) is 5.56 Å². The lowest BCUT2D eigenvalue weighted by molar-refractivity contribution is -0.123. The van der Waals surface area contributed by atoms with E-state index in [9.17, 15) is 4.79 Å². The molecule has 0 fully saturated rings. The number of carbonyl (C=O) groups excluding carboxylic acids is 1. The molecule has 0 aromatic heterocycles. The molecule has 0 saturated heterocycles. The van der Waals surface area contributed by atoms with Gasteiger partial charge in [0.2, 0.25) is 5.91 Å². The van der Waals surface area contributed by atoms with Crippen molar-refractivity contribution in [2.45, 2.75) is 59.0 Å². The minimum absolute atomic E-state index is 0. The van der Waals surface area contributed by atoms with Gasteiger partial charge in [0, 0.05) is 0 Å². The van der Waals surface area contributed by atoms with Gasteiger partial charge in [0.05, 0.1) is 12.1 Å². The van der Waals surface area contributed by atoms with Crippen molar-refractivity contribution in [3.8, 4) is 0 Å². The van der Waals surface area contributed by atoms with E-state index in [1.54, 1.807) is 6.92 Å². The van der Waals surface area contributed by atoms with Gasteiger partial charge in [-0.3, -0.25) is 4.79 Å². The highest BCUT2D eigenvalue weighted by molar-refractivity contribution is 5.85. The SMILES string of the molecule is CCC(C)c1ccc(C(NC(=O)[C@@H](C)N)C(C)C)cc1.Cl. The zero-order chi connectivity index (χ0) is 15.3. The normalized spacial score (nSPS) is 15.0. The van der Waals surface area contributed by atoms with E-state index in [1.807, 2.05) is 0 Å². The Bertz CT molecular complexity index is 429. The van der Waals surface area contributed by atoms with Gasteiger partial charge in [0.25, 0.3) is 0 Å². The molecule has 3 atom stereocenters. The van der Waals surface area contributed by atoms with E-state index >= 15 is 0 Å². The lowest BCUT2D eigenvalue weighted by Gasteiger charge is -2.24. The van der Waals surface area contributed by atoms with Gasteiger partial charge in [0.15, 0.2) is 0 Å². The van der Waals surface area contributed by atoms with E-state index in [0.29, 0.717) is 11.8 Å². The second-order valence-electron chi connectivity index (χ2n) is 5.99. The smallest absolute Gasteiger partial charge is 0.237 e. The molecule has 21 heavy (non-hydrogen) atoms. The summed E-state index contributed by atoms with van der Waals surface area (Å²) < 4.78 is 0. The molecule has 0 spiro atoms. The summed E-state index contributed by atoms with van der Waals surface area (Å²) in [4.78, 5) is 11.8. The molecule has 0 aliphatic rings. The van der Waals surface area contributed by atoms with Crippen LogP contribution in [0.2, 0.25) is 0 Å². The molecule has 1 aromatic carbocycles. The summed E-state index contributed by atoms with van der Waals surface area (Å²) in [7, 11) is 0. The third-order valence-electron chi connectivity index (χ3n) is 3.85. The molecule has 4 heteroatoms. The fourth-order valence-corrected chi connectivity index (χ4v) is 2.19. The van der Waals surface area contributed by atoms with Gasteiger partial charge in [0.1, 0.15) is 0 Å². The maximum atomic E-state index is 11.8. The Balaban J connectivity index is 0.00000400. The van der Waals surface area contributed by atoms with Gasteiger partial charge >= 0.3 is 0 Å². The van der Waals surface area contributed by atoms with Gasteiger partial charge in [-0.2, -0.15) is 0 Å². The predicted molar refractivity (Wildman–Crippen MR) is 91.8 cm³/mol. The molecule has 120 valence electrons. The number of hydrogen-bond donors (Lipinski definition) is 2. The van der Waals surface area contributed by atoms with E-state index in [4.69, 9.17) is 5.73 Å². The van der Waals surface area contributed by atoms with E-state index < -0.39 is 6.04 Å². The molecule has 3 nitrogen and oxygen atoms in total. The highest BCUT2D eigenvalue weighted by Gasteiger charge is 2.20. The molecule has 1 rings (SSSR count).